The summed E-state index contributed by atoms with van der Waals surface area (Å²) in [5.74, 6) is 0. The quantitative estimate of drug-likeness (QED) is 0.699. The summed E-state index contributed by atoms with van der Waals surface area (Å²) in [6, 6.07) is 0. The van der Waals surface area contributed by atoms with Crippen LogP contribution in [0.25, 0.3) is 0 Å². The van der Waals surface area contributed by atoms with Gasteiger partial charge in [0.05, 0.1) is 13.2 Å². The molecule has 0 bridgehead atoms. The van der Waals surface area contributed by atoms with Gasteiger partial charge < -0.3 is 10.1 Å². The van der Waals surface area contributed by atoms with Gasteiger partial charge in [-0.05, 0) is 56.2 Å². The molecule has 0 saturated carbocycles. The Morgan fingerprint density at radius 3 is 2.33 bits per heavy atom. The minimum Gasteiger partial charge on any atom is -0.376 e. The maximum Gasteiger partial charge on any atom is 0.412 e. The van der Waals surface area contributed by atoms with Crippen LogP contribution >= 0.6 is 0 Å². The first kappa shape index (κ1) is 22.4. The highest BCUT2D eigenvalue weighted by Gasteiger charge is 2.29. The second-order valence-electron chi connectivity index (χ2n) is 5.38. The number of halogens is 3. The van der Waals surface area contributed by atoms with Crippen LogP contribution in [0.3, 0.4) is 0 Å². The number of ether oxygens (including phenoxy) is 1. The molecule has 0 atom stereocenters. The lowest BCUT2D eigenvalue weighted by molar-refractivity contribution is -0.0913. The van der Waals surface area contributed by atoms with Crippen LogP contribution in [0.2, 0.25) is 0 Å². The molecule has 1 aliphatic rings. The lowest BCUT2D eigenvalue weighted by Gasteiger charge is -2.21. The Kier molecular flexibility index (Phi) is 10.3. The summed E-state index contributed by atoms with van der Waals surface area (Å²) < 4.78 is 42.9. The van der Waals surface area contributed by atoms with Gasteiger partial charge in [0.15, 0.2) is 0 Å². The average Bonchev–Trinajstić information content (AvgIpc) is 2.54. The molecule has 1 rings (SSSR count). The standard InChI is InChI=1S/C17H21F3O.C2H7N/c1-5-14(8-7-12(3)17(18,19)20)13(4)16-9-10-21-11-15(16)6-2;1-3-2/h6-8H,2,4-5,9-11H2,1,3H3;3H,1-2H3/b12-7+,14-8+;. The van der Waals surface area contributed by atoms with E-state index in [1.807, 2.05) is 21.0 Å². The number of hydrogen-bond donors (Lipinski definition) is 1. The van der Waals surface area contributed by atoms with E-state index in [-0.39, 0.29) is 0 Å². The third kappa shape index (κ3) is 7.32. The monoisotopic (exact) mass is 343 g/mol. The maximum atomic E-state index is 12.5. The molecule has 5 heteroatoms. The van der Waals surface area contributed by atoms with Crippen molar-refractivity contribution in [2.45, 2.75) is 32.9 Å². The van der Waals surface area contributed by atoms with Crippen molar-refractivity contribution in [1.29, 1.82) is 0 Å². The van der Waals surface area contributed by atoms with E-state index in [0.29, 0.717) is 26.1 Å². The van der Waals surface area contributed by atoms with Crippen molar-refractivity contribution in [2.75, 3.05) is 27.3 Å². The highest BCUT2D eigenvalue weighted by Crippen LogP contribution is 2.30. The van der Waals surface area contributed by atoms with Gasteiger partial charge in [-0.2, -0.15) is 13.2 Å². The summed E-state index contributed by atoms with van der Waals surface area (Å²) >= 11 is 0. The fourth-order valence-electron chi connectivity index (χ4n) is 2.08. The smallest absolute Gasteiger partial charge is 0.376 e. The second-order valence-corrected chi connectivity index (χ2v) is 5.38. The van der Waals surface area contributed by atoms with Crippen LogP contribution in [0.4, 0.5) is 13.2 Å². The van der Waals surface area contributed by atoms with Crippen molar-refractivity contribution in [3.63, 3.8) is 0 Å². The maximum absolute atomic E-state index is 12.5. The molecule has 1 aliphatic heterocycles. The van der Waals surface area contributed by atoms with Crippen LogP contribution < -0.4 is 5.32 Å². The molecule has 136 valence electrons. The highest BCUT2D eigenvalue weighted by molar-refractivity contribution is 5.51. The Morgan fingerprint density at radius 1 is 1.29 bits per heavy atom. The highest BCUT2D eigenvalue weighted by atomic mass is 19.4. The first-order chi connectivity index (χ1) is 11.2. The topological polar surface area (TPSA) is 21.3 Å². The first-order valence-corrected chi connectivity index (χ1v) is 7.87. The summed E-state index contributed by atoms with van der Waals surface area (Å²) in [7, 11) is 3.75. The minimum atomic E-state index is -4.29. The molecule has 0 aromatic rings. The molecule has 0 aliphatic carbocycles. The third-order valence-corrected chi connectivity index (χ3v) is 3.50. The minimum absolute atomic E-state index is 0.478. The molecule has 1 heterocycles. The zero-order chi connectivity index (χ0) is 18.8. The lowest BCUT2D eigenvalue weighted by Crippen LogP contribution is -2.12. The fraction of sp³-hybridized carbons (Fsp3) is 0.474. The number of rotatable bonds is 5. The predicted octanol–water partition coefficient (Wildman–Crippen LogP) is 5.13. The van der Waals surface area contributed by atoms with Gasteiger partial charge in [-0.3, -0.25) is 0 Å². The van der Waals surface area contributed by atoms with E-state index >= 15 is 0 Å². The molecule has 0 radical (unpaired) electrons. The molecule has 2 nitrogen and oxygen atoms in total. The summed E-state index contributed by atoms with van der Waals surface area (Å²) in [5.41, 5.74) is 2.95. The van der Waals surface area contributed by atoms with Crippen molar-refractivity contribution in [2.24, 2.45) is 0 Å². The van der Waals surface area contributed by atoms with Gasteiger partial charge in [0, 0.05) is 5.57 Å². The summed E-state index contributed by atoms with van der Waals surface area (Å²) in [6.07, 6.45) is 1.38. The van der Waals surface area contributed by atoms with Crippen molar-refractivity contribution in [3.05, 3.63) is 59.3 Å². The number of nitrogens with one attached hydrogen (secondary N) is 1. The average molecular weight is 343 g/mol. The van der Waals surface area contributed by atoms with Crippen LogP contribution in [0.5, 0.6) is 0 Å². The summed E-state index contributed by atoms with van der Waals surface area (Å²) in [5, 5.41) is 2.75. The van der Waals surface area contributed by atoms with Crippen LogP contribution in [0.15, 0.2) is 59.3 Å². The molecule has 0 aromatic carbocycles. The van der Waals surface area contributed by atoms with E-state index in [4.69, 9.17) is 4.74 Å². The Morgan fingerprint density at radius 2 is 1.88 bits per heavy atom. The molecule has 0 unspecified atom stereocenters. The van der Waals surface area contributed by atoms with Crippen LogP contribution in [-0.2, 0) is 4.74 Å². The Balaban J connectivity index is 0.00000163. The van der Waals surface area contributed by atoms with Gasteiger partial charge in [-0.15, -0.1) is 0 Å². The molecular weight excluding hydrogens is 315 g/mol. The van der Waals surface area contributed by atoms with Crippen LogP contribution in [-0.4, -0.2) is 33.5 Å². The van der Waals surface area contributed by atoms with E-state index in [1.165, 1.54) is 6.08 Å². The lowest BCUT2D eigenvalue weighted by atomic mass is 9.90. The number of allylic oxidation sites excluding steroid dienone is 5. The summed E-state index contributed by atoms with van der Waals surface area (Å²) in [6.45, 7) is 11.8. The van der Waals surface area contributed by atoms with E-state index in [0.717, 1.165) is 35.3 Å². The Bertz CT molecular complexity index is 525. The van der Waals surface area contributed by atoms with Crippen molar-refractivity contribution in [3.8, 4) is 0 Å². The number of hydrogen-bond acceptors (Lipinski definition) is 2. The van der Waals surface area contributed by atoms with Crippen molar-refractivity contribution >= 4 is 0 Å². The van der Waals surface area contributed by atoms with Gasteiger partial charge in [0.25, 0.3) is 0 Å². The van der Waals surface area contributed by atoms with Gasteiger partial charge in [-0.25, -0.2) is 0 Å². The Labute approximate surface area is 143 Å². The van der Waals surface area contributed by atoms with Gasteiger partial charge >= 0.3 is 6.18 Å². The van der Waals surface area contributed by atoms with Crippen molar-refractivity contribution < 1.29 is 17.9 Å². The van der Waals surface area contributed by atoms with Crippen molar-refractivity contribution in [1.82, 2.24) is 5.32 Å². The molecule has 0 aromatic heterocycles. The van der Waals surface area contributed by atoms with E-state index < -0.39 is 11.7 Å². The molecule has 1 N–H and O–H groups in total. The zero-order valence-electron chi connectivity index (χ0n) is 15.0. The molecular formula is C19H28F3NO. The van der Waals surface area contributed by atoms with Crippen LogP contribution in [0, 0.1) is 0 Å². The largest absolute Gasteiger partial charge is 0.412 e. The van der Waals surface area contributed by atoms with Crippen LogP contribution in [0.1, 0.15) is 26.7 Å². The SMILES string of the molecule is C=CC1=C(C(=C)/C(=C/C=C(\C)C(F)(F)F)CC)CCOC1.CNC. The zero-order valence-corrected chi connectivity index (χ0v) is 15.0. The molecule has 24 heavy (non-hydrogen) atoms. The van der Waals surface area contributed by atoms with E-state index in [1.54, 1.807) is 6.08 Å². The Hall–Kier alpha value is -1.59. The first-order valence-electron chi connectivity index (χ1n) is 7.87. The van der Waals surface area contributed by atoms with E-state index in [9.17, 15) is 13.2 Å². The molecule has 0 amide bonds. The van der Waals surface area contributed by atoms with Gasteiger partial charge in [-0.1, -0.05) is 38.3 Å². The van der Waals surface area contributed by atoms with Gasteiger partial charge in [0.2, 0.25) is 0 Å². The second kappa shape index (κ2) is 11.0. The fourth-order valence-corrected chi connectivity index (χ4v) is 2.08. The molecule has 0 spiro atoms. The van der Waals surface area contributed by atoms with Gasteiger partial charge in [0.1, 0.15) is 0 Å². The predicted molar refractivity (Wildman–Crippen MR) is 95.0 cm³/mol. The number of alkyl halides is 3. The third-order valence-electron chi connectivity index (χ3n) is 3.50. The molecule has 0 saturated heterocycles. The normalized spacial score (nSPS) is 16.5. The summed E-state index contributed by atoms with van der Waals surface area (Å²) in [4.78, 5) is 0. The molecule has 0 fully saturated rings. The van der Waals surface area contributed by atoms with E-state index in [2.05, 4.69) is 18.5 Å².